The van der Waals surface area contributed by atoms with Gasteiger partial charge in [0.25, 0.3) is 5.91 Å². The maximum absolute atomic E-state index is 11.8. The molecule has 1 saturated heterocycles. The molecule has 0 bridgehead atoms. The lowest BCUT2D eigenvalue weighted by molar-refractivity contribution is -0.125. The van der Waals surface area contributed by atoms with Crippen molar-refractivity contribution in [1.29, 1.82) is 0 Å². The minimum absolute atomic E-state index is 0.407. The molecule has 1 aliphatic rings. The molecule has 0 aromatic heterocycles. The van der Waals surface area contributed by atoms with Crippen LogP contribution in [-0.2, 0) is 4.79 Å². The lowest BCUT2D eigenvalue weighted by Crippen LogP contribution is -2.35. The number of carbonyl (C=O) groups is 2. The summed E-state index contributed by atoms with van der Waals surface area (Å²) in [7, 11) is 1.93. The maximum Gasteiger partial charge on any atom is 0.296 e. The molecule has 1 aromatic rings. The molecule has 0 saturated carbocycles. The fourth-order valence-corrected chi connectivity index (χ4v) is 1.75. The van der Waals surface area contributed by atoms with E-state index in [2.05, 4.69) is 0 Å². The maximum atomic E-state index is 11.8. The molecule has 0 atom stereocenters. The van der Waals surface area contributed by atoms with Crippen molar-refractivity contribution in [3.8, 4) is 0 Å². The van der Waals surface area contributed by atoms with Crippen LogP contribution in [0.4, 0.5) is 0 Å². The van der Waals surface area contributed by atoms with E-state index >= 15 is 0 Å². The Labute approximate surface area is 94.5 Å². The van der Waals surface area contributed by atoms with E-state index in [1.807, 2.05) is 18.0 Å². The van der Waals surface area contributed by atoms with Crippen LogP contribution in [-0.4, -0.2) is 48.3 Å². The van der Waals surface area contributed by atoms with Crippen molar-refractivity contribution in [3.63, 3.8) is 0 Å². The van der Waals surface area contributed by atoms with E-state index in [0.29, 0.717) is 18.8 Å². The lowest BCUT2D eigenvalue weighted by Gasteiger charge is -2.14. The molecule has 0 N–H and O–H groups in total. The number of likely N-dealkylation sites (N-methyl/N-ethyl adjacent to an activating group) is 1. The molecule has 1 aromatic carbocycles. The molecule has 4 nitrogen and oxygen atoms in total. The van der Waals surface area contributed by atoms with Gasteiger partial charge in [-0.15, -0.1) is 0 Å². The molecule has 4 heteroatoms. The molecular weight excluding hydrogens is 204 g/mol. The summed E-state index contributed by atoms with van der Waals surface area (Å²) < 4.78 is 0. The Morgan fingerprint density at radius 2 is 1.81 bits per heavy atom. The van der Waals surface area contributed by atoms with Crippen LogP contribution in [0.1, 0.15) is 10.4 Å². The second-order valence-electron chi connectivity index (χ2n) is 3.98. The number of Topliss-reactive ketones (excluding diaryl/α,β-unsaturated/α-hetero) is 1. The third-order valence-electron chi connectivity index (χ3n) is 2.68. The minimum atomic E-state index is -0.420. The number of nitrogens with zero attached hydrogens (tertiary/aromatic N) is 2. The zero-order chi connectivity index (χ0) is 11.5. The quantitative estimate of drug-likeness (QED) is 0.539. The summed E-state index contributed by atoms with van der Waals surface area (Å²) in [5, 5.41) is 0. The van der Waals surface area contributed by atoms with Gasteiger partial charge >= 0.3 is 0 Å². The van der Waals surface area contributed by atoms with E-state index in [4.69, 9.17) is 0 Å². The average Bonchev–Trinajstić information content (AvgIpc) is 2.75. The summed E-state index contributed by atoms with van der Waals surface area (Å²) in [6.45, 7) is 2.00. The Balaban J connectivity index is 2.08. The van der Waals surface area contributed by atoms with E-state index < -0.39 is 11.7 Å². The van der Waals surface area contributed by atoms with Gasteiger partial charge in [0.2, 0.25) is 5.78 Å². The number of amides is 1. The largest absolute Gasteiger partial charge is 0.322 e. The van der Waals surface area contributed by atoms with Crippen LogP contribution in [0.15, 0.2) is 30.3 Å². The molecule has 1 amide bonds. The lowest BCUT2D eigenvalue weighted by atomic mass is 10.1. The van der Waals surface area contributed by atoms with E-state index in [1.54, 1.807) is 29.2 Å². The Kier molecular flexibility index (Phi) is 3.01. The predicted molar refractivity (Wildman–Crippen MR) is 60.0 cm³/mol. The van der Waals surface area contributed by atoms with Gasteiger partial charge in [-0.2, -0.15) is 0 Å². The molecule has 84 valence electrons. The van der Waals surface area contributed by atoms with Gasteiger partial charge in [-0.3, -0.25) is 14.5 Å². The topological polar surface area (TPSA) is 40.6 Å². The summed E-state index contributed by atoms with van der Waals surface area (Å²) in [6, 6.07) is 8.68. The summed E-state index contributed by atoms with van der Waals surface area (Å²) in [4.78, 5) is 27.3. The van der Waals surface area contributed by atoms with E-state index in [0.717, 1.165) is 6.54 Å². The van der Waals surface area contributed by atoms with Crippen molar-refractivity contribution in [2.24, 2.45) is 0 Å². The third-order valence-corrected chi connectivity index (χ3v) is 2.68. The second kappa shape index (κ2) is 4.45. The molecule has 0 spiro atoms. The summed E-state index contributed by atoms with van der Waals surface area (Å²) >= 11 is 0. The number of hydrogen-bond donors (Lipinski definition) is 0. The monoisotopic (exact) mass is 218 g/mol. The van der Waals surface area contributed by atoms with Crippen LogP contribution in [0.3, 0.4) is 0 Å². The zero-order valence-electron chi connectivity index (χ0n) is 9.22. The first-order valence-electron chi connectivity index (χ1n) is 5.25. The van der Waals surface area contributed by atoms with Gasteiger partial charge < -0.3 is 4.90 Å². The van der Waals surface area contributed by atoms with Crippen LogP contribution in [0.25, 0.3) is 0 Å². The molecule has 2 rings (SSSR count). The smallest absolute Gasteiger partial charge is 0.296 e. The number of carbonyl (C=O) groups excluding carboxylic acids is 2. The van der Waals surface area contributed by atoms with Gasteiger partial charge in [0.05, 0.1) is 6.67 Å². The molecular formula is C12H14N2O2. The Bertz CT molecular complexity index is 403. The highest BCUT2D eigenvalue weighted by Gasteiger charge is 2.27. The number of ketones is 1. The van der Waals surface area contributed by atoms with E-state index in [9.17, 15) is 9.59 Å². The zero-order valence-corrected chi connectivity index (χ0v) is 9.22. The molecule has 0 unspecified atom stereocenters. The minimum Gasteiger partial charge on any atom is -0.322 e. The van der Waals surface area contributed by atoms with Gasteiger partial charge in [0.1, 0.15) is 0 Å². The first-order chi connectivity index (χ1) is 7.68. The Hall–Kier alpha value is -1.68. The molecule has 1 aliphatic heterocycles. The summed E-state index contributed by atoms with van der Waals surface area (Å²) in [5.74, 6) is -0.827. The average molecular weight is 218 g/mol. The van der Waals surface area contributed by atoms with Gasteiger partial charge in [-0.05, 0) is 7.05 Å². The van der Waals surface area contributed by atoms with E-state index in [-0.39, 0.29) is 0 Å². The van der Waals surface area contributed by atoms with Crippen LogP contribution in [0, 0.1) is 0 Å². The fraction of sp³-hybridized carbons (Fsp3) is 0.333. The number of benzene rings is 1. The van der Waals surface area contributed by atoms with Crippen LogP contribution in [0.2, 0.25) is 0 Å². The summed E-state index contributed by atoms with van der Waals surface area (Å²) in [5.41, 5.74) is 0.460. The van der Waals surface area contributed by atoms with Crippen molar-refractivity contribution in [2.75, 3.05) is 26.8 Å². The van der Waals surface area contributed by atoms with Gasteiger partial charge in [-0.1, -0.05) is 30.3 Å². The van der Waals surface area contributed by atoms with Gasteiger partial charge in [-0.25, -0.2) is 0 Å². The van der Waals surface area contributed by atoms with Gasteiger partial charge in [0, 0.05) is 18.7 Å². The van der Waals surface area contributed by atoms with Crippen LogP contribution in [0.5, 0.6) is 0 Å². The van der Waals surface area contributed by atoms with Crippen molar-refractivity contribution >= 4 is 11.7 Å². The van der Waals surface area contributed by atoms with Crippen molar-refractivity contribution in [3.05, 3.63) is 35.9 Å². The standard InChI is InChI=1S/C12H14N2O2/c1-13-7-8-14(9-13)12(16)11(15)10-5-3-2-4-6-10/h2-6H,7-9H2,1H3. The van der Waals surface area contributed by atoms with Crippen molar-refractivity contribution in [2.45, 2.75) is 0 Å². The van der Waals surface area contributed by atoms with Crippen molar-refractivity contribution in [1.82, 2.24) is 9.80 Å². The molecule has 0 radical (unpaired) electrons. The molecule has 1 fully saturated rings. The highest BCUT2D eigenvalue weighted by molar-refractivity contribution is 6.42. The number of rotatable bonds is 2. The van der Waals surface area contributed by atoms with Crippen LogP contribution < -0.4 is 0 Å². The molecule has 0 aliphatic carbocycles. The second-order valence-corrected chi connectivity index (χ2v) is 3.98. The molecule has 1 heterocycles. The third kappa shape index (κ3) is 2.12. The van der Waals surface area contributed by atoms with E-state index in [1.165, 1.54) is 0 Å². The summed E-state index contributed by atoms with van der Waals surface area (Å²) in [6.07, 6.45) is 0. The molecule has 16 heavy (non-hydrogen) atoms. The first-order valence-corrected chi connectivity index (χ1v) is 5.25. The SMILES string of the molecule is CN1CCN(C(=O)C(=O)c2ccccc2)C1. The Morgan fingerprint density at radius 3 is 2.38 bits per heavy atom. The predicted octanol–water partition coefficient (Wildman–Crippen LogP) is 0.601. The fourth-order valence-electron chi connectivity index (χ4n) is 1.75. The van der Waals surface area contributed by atoms with Crippen molar-refractivity contribution < 1.29 is 9.59 Å². The van der Waals surface area contributed by atoms with Gasteiger partial charge in [0.15, 0.2) is 0 Å². The number of hydrogen-bond acceptors (Lipinski definition) is 3. The highest BCUT2D eigenvalue weighted by atomic mass is 16.2. The highest BCUT2D eigenvalue weighted by Crippen LogP contribution is 2.07. The Morgan fingerprint density at radius 1 is 1.12 bits per heavy atom. The first kappa shape index (κ1) is 10.8. The van der Waals surface area contributed by atoms with Crippen LogP contribution >= 0.6 is 0 Å². The normalized spacial score (nSPS) is 16.4.